The van der Waals surface area contributed by atoms with Crippen LogP contribution in [0.3, 0.4) is 0 Å². The van der Waals surface area contributed by atoms with Gasteiger partial charge in [-0.25, -0.2) is 4.98 Å². The average Bonchev–Trinajstić information content (AvgIpc) is 3.15. The molecule has 1 atom stereocenters. The van der Waals surface area contributed by atoms with Crippen LogP contribution in [0.15, 0.2) is 11.6 Å². The van der Waals surface area contributed by atoms with E-state index in [0.29, 0.717) is 24.5 Å². The summed E-state index contributed by atoms with van der Waals surface area (Å²) in [5.74, 6) is -0.371. The summed E-state index contributed by atoms with van der Waals surface area (Å²) in [6, 6.07) is 1.18. The van der Waals surface area contributed by atoms with Crippen LogP contribution in [0.5, 0.6) is 0 Å². The van der Waals surface area contributed by atoms with Gasteiger partial charge in [-0.2, -0.15) is 22.3 Å². The number of amides is 1. The molecule has 120 valence electrons. The van der Waals surface area contributed by atoms with Crippen molar-refractivity contribution in [2.24, 2.45) is 0 Å². The van der Waals surface area contributed by atoms with Gasteiger partial charge in [0, 0.05) is 38.1 Å². The van der Waals surface area contributed by atoms with Crippen molar-refractivity contribution in [3.8, 4) is 6.07 Å². The molecule has 8 nitrogen and oxygen atoms in total. The van der Waals surface area contributed by atoms with Crippen molar-refractivity contribution in [1.82, 2.24) is 13.6 Å². The molecule has 10 heteroatoms. The first-order chi connectivity index (χ1) is 10.5. The number of hydrogen-bond acceptors (Lipinski definition) is 6. The molecule has 2 rings (SSSR count). The number of aromatic nitrogens is 1. The van der Waals surface area contributed by atoms with Crippen molar-refractivity contribution in [2.45, 2.75) is 25.3 Å². The van der Waals surface area contributed by atoms with Crippen LogP contribution in [-0.4, -0.2) is 54.1 Å². The van der Waals surface area contributed by atoms with Crippen LogP contribution >= 0.6 is 11.3 Å². The second-order valence-corrected chi connectivity index (χ2v) is 7.72. The zero-order valence-corrected chi connectivity index (χ0v) is 13.7. The standard InChI is InChI=1S/C12H17N5O3S2/c1-16(7-3-5-13)22(19,20)17-8-2-4-10(17)11(18)15-12-14-6-9-21-12/h6,9-10H,2-4,7-8H2,1H3,(H,14,15,18). The molecule has 1 fully saturated rings. The first-order valence-corrected chi connectivity index (χ1v) is 9.05. The third kappa shape index (κ3) is 3.61. The SMILES string of the molecule is CN(CCC#N)S(=O)(=O)N1CCCC1C(=O)Nc1nccs1. The lowest BCUT2D eigenvalue weighted by Gasteiger charge is -2.27. The van der Waals surface area contributed by atoms with Crippen molar-refractivity contribution in [3.05, 3.63) is 11.6 Å². The van der Waals surface area contributed by atoms with Crippen LogP contribution in [-0.2, 0) is 15.0 Å². The number of anilines is 1. The monoisotopic (exact) mass is 343 g/mol. The van der Waals surface area contributed by atoms with E-state index < -0.39 is 16.3 Å². The van der Waals surface area contributed by atoms with Gasteiger partial charge in [-0.15, -0.1) is 11.3 Å². The molecule has 1 amide bonds. The Kier molecular flexibility index (Phi) is 5.47. The highest BCUT2D eigenvalue weighted by Gasteiger charge is 2.40. The Morgan fingerprint density at radius 3 is 3.09 bits per heavy atom. The minimum Gasteiger partial charge on any atom is -0.301 e. The number of nitrogens with zero attached hydrogens (tertiary/aromatic N) is 4. The summed E-state index contributed by atoms with van der Waals surface area (Å²) >= 11 is 1.28. The highest BCUT2D eigenvalue weighted by molar-refractivity contribution is 7.86. The lowest BCUT2D eigenvalue weighted by molar-refractivity contribution is -0.119. The molecule has 2 heterocycles. The predicted molar refractivity (Wildman–Crippen MR) is 82.3 cm³/mol. The molecule has 0 aromatic carbocycles. The molecule has 1 aliphatic rings. The number of hydrogen-bond donors (Lipinski definition) is 1. The molecule has 0 saturated carbocycles. The number of carbonyl (C=O) groups is 1. The summed E-state index contributed by atoms with van der Waals surface area (Å²) in [6.45, 7) is 0.408. The van der Waals surface area contributed by atoms with Crippen molar-refractivity contribution in [2.75, 3.05) is 25.5 Å². The molecular weight excluding hydrogens is 326 g/mol. The molecule has 1 saturated heterocycles. The quantitative estimate of drug-likeness (QED) is 0.815. The van der Waals surface area contributed by atoms with Gasteiger partial charge in [-0.3, -0.25) is 4.79 Å². The molecule has 1 N–H and O–H groups in total. The lowest BCUT2D eigenvalue weighted by Crippen LogP contribution is -2.48. The Bertz CT molecular complexity index is 653. The van der Waals surface area contributed by atoms with E-state index in [1.807, 2.05) is 6.07 Å². The van der Waals surface area contributed by atoms with E-state index >= 15 is 0 Å². The molecule has 1 aromatic rings. The van der Waals surface area contributed by atoms with Gasteiger partial charge in [0.2, 0.25) is 5.91 Å². The van der Waals surface area contributed by atoms with Crippen LogP contribution in [0.25, 0.3) is 0 Å². The maximum atomic E-state index is 12.5. The topological polar surface area (TPSA) is 106 Å². The first kappa shape index (κ1) is 16.8. The summed E-state index contributed by atoms with van der Waals surface area (Å²) in [6.07, 6.45) is 2.78. The van der Waals surface area contributed by atoms with Crippen molar-refractivity contribution >= 4 is 32.6 Å². The fraction of sp³-hybridized carbons (Fsp3) is 0.583. The fourth-order valence-electron chi connectivity index (χ4n) is 2.25. The van der Waals surface area contributed by atoms with E-state index in [1.54, 1.807) is 11.6 Å². The zero-order chi connectivity index (χ0) is 16.2. The molecule has 0 spiro atoms. The summed E-state index contributed by atoms with van der Waals surface area (Å²) in [5, 5.41) is 13.4. The normalized spacial score (nSPS) is 19.2. The second kappa shape index (κ2) is 7.15. The fourth-order valence-corrected chi connectivity index (χ4v) is 4.35. The lowest BCUT2D eigenvalue weighted by atomic mass is 10.2. The molecular formula is C12H17N5O3S2. The highest BCUT2D eigenvalue weighted by atomic mass is 32.2. The Morgan fingerprint density at radius 1 is 1.68 bits per heavy atom. The number of rotatable bonds is 6. The van der Waals surface area contributed by atoms with Gasteiger partial charge in [-0.05, 0) is 12.8 Å². The third-order valence-electron chi connectivity index (χ3n) is 3.40. The van der Waals surface area contributed by atoms with E-state index in [4.69, 9.17) is 5.26 Å². The summed E-state index contributed by atoms with van der Waals surface area (Å²) in [7, 11) is -2.33. The highest BCUT2D eigenvalue weighted by Crippen LogP contribution is 2.24. The predicted octanol–water partition coefficient (Wildman–Crippen LogP) is 0.636. The van der Waals surface area contributed by atoms with Gasteiger partial charge in [0.1, 0.15) is 6.04 Å². The minimum atomic E-state index is -3.75. The number of nitriles is 1. The van der Waals surface area contributed by atoms with E-state index in [0.717, 1.165) is 4.31 Å². The van der Waals surface area contributed by atoms with Crippen LogP contribution in [0.4, 0.5) is 5.13 Å². The van der Waals surface area contributed by atoms with Gasteiger partial charge in [0.25, 0.3) is 10.2 Å². The van der Waals surface area contributed by atoms with Gasteiger partial charge in [0.05, 0.1) is 6.07 Å². The van der Waals surface area contributed by atoms with Crippen molar-refractivity contribution in [1.29, 1.82) is 5.26 Å². The summed E-state index contributed by atoms with van der Waals surface area (Å²) < 4.78 is 27.3. The van der Waals surface area contributed by atoms with Crippen LogP contribution < -0.4 is 5.32 Å². The Hall–Kier alpha value is -1.54. The minimum absolute atomic E-state index is 0.107. The molecule has 0 radical (unpaired) electrons. The Morgan fingerprint density at radius 2 is 2.45 bits per heavy atom. The average molecular weight is 343 g/mol. The molecule has 0 bridgehead atoms. The van der Waals surface area contributed by atoms with Gasteiger partial charge >= 0.3 is 0 Å². The van der Waals surface area contributed by atoms with Crippen molar-refractivity contribution in [3.63, 3.8) is 0 Å². The summed E-state index contributed by atoms with van der Waals surface area (Å²) in [4.78, 5) is 16.2. The van der Waals surface area contributed by atoms with Crippen LogP contribution in [0, 0.1) is 11.3 Å². The van der Waals surface area contributed by atoms with E-state index in [-0.39, 0.29) is 18.9 Å². The molecule has 22 heavy (non-hydrogen) atoms. The van der Waals surface area contributed by atoms with E-state index in [1.165, 1.54) is 22.7 Å². The first-order valence-electron chi connectivity index (χ1n) is 6.77. The molecule has 1 aliphatic heterocycles. The van der Waals surface area contributed by atoms with Crippen molar-refractivity contribution < 1.29 is 13.2 Å². The number of thiazole rings is 1. The maximum absolute atomic E-state index is 12.5. The van der Waals surface area contributed by atoms with Gasteiger partial charge < -0.3 is 5.32 Å². The zero-order valence-electron chi connectivity index (χ0n) is 12.1. The molecule has 1 aromatic heterocycles. The van der Waals surface area contributed by atoms with E-state index in [2.05, 4.69) is 10.3 Å². The number of carbonyl (C=O) groups excluding carboxylic acids is 1. The largest absolute Gasteiger partial charge is 0.301 e. The van der Waals surface area contributed by atoms with Crippen LogP contribution in [0.2, 0.25) is 0 Å². The Balaban J connectivity index is 2.09. The molecule has 1 unspecified atom stereocenters. The molecule has 0 aliphatic carbocycles. The van der Waals surface area contributed by atoms with Crippen LogP contribution in [0.1, 0.15) is 19.3 Å². The van der Waals surface area contributed by atoms with E-state index in [9.17, 15) is 13.2 Å². The number of nitrogens with one attached hydrogen (secondary N) is 1. The second-order valence-electron chi connectivity index (χ2n) is 4.83. The van der Waals surface area contributed by atoms with Gasteiger partial charge in [0.15, 0.2) is 5.13 Å². The summed E-state index contributed by atoms with van der Waals surface area (Å²) in [5.41, 5.74) is 0. The smallest absolute Gasteiger partial charge is 0.282 e. The third-order valence-corrected chi connectivity index (χ3v) is 6.09. The Labute approximate surface area is 133 Å². The van der Waals surface area contributed by atoms with Gasteiger partial charge in [-0.1, -0.05) is 0 Å². The maximum Gasteiger partial charge on any atom is 0.282 e.